The van der Waals surface area contributed by atoms with Gasteiger partial charge < -0.3 is 16.0 Å². The Kier molecular flexibility index (Phi) is 4.65. The number of pyridine rings is 1. The fraction of sp³-hybridized carbons (Fsp3) is 0.500. The van der Waals surface area contributed by atoms with E-state index in [2.05, 4.69) is 15.2 Å². The molecule has 1 heterocycles. The van der Waals surface area contributed by atoms with E-state index >= 15 is 0 Å². The molecule has 0 aliphatic heterocycles. The topological polar surface area (TPSA) is 54.2 Å². The Morgan fingerprint density at radius 1 is 1.47 bits per heavy atom. The van der Waals surface area contributed by atoms with E-state index in [1.165, 1.54) is 0 Å². The van der Waals surface area contributed by atoms with Gasteiger partial charge in [0.2, 0.25) is 0 Å². The molecule has 15 heavy (non-hydrogen) atoms. The van der Waals surface area contributed by atoms with Crippen LogP contribution in [-0.2, 0) is 0 Å². The van der Waals surface area contributed by atoms with Gasteiger partial charge in [-0.25, -0.2) is 4.98 Å². The second kappa shape index (κ2) is 5.78. The third-order valence-electron chi connectivity index (χ3n) is 1.97. The standard InChI is InChI=1S/C10H17ClN4/c1-15(2)7-3-6-13-10-8(12)4-5-9(11)14-10/h4-5H,3,6-7,12H2,1-2H3,(H,13,14). The zero-order valence-electron chi connectivity index (χ0n) is 9.13. The molecule has 0 unspecified atom stereocenters. The minimum atomic E-state index is 0.458. The van der Waals surface area contributed by atoms with Crippen molar-refractivity contribution in [3.05, 3.63) is 17.3 Å². The van der Waals surface area contributed by atoms with E-state index in [0.29, 0.717) is 16.7 Å². The Balaban J connectivity index is 2.40. The summed E-state index contributed by atoms with van der Waals surface area (Å²) >= 11 is 5.77. The Bertz CT molecular complexity index is 314. The van der Waals surface area contributed by atoms with Crippen molar-refractivity contribution in [3.63, 3.8) is 0 Å². The van der Waals surface area contributed by atoms with Crippen LogP contribution in [0.3, 0.4) is 0 Å². The first kappa shape index (κ1) is 12.1. The third kappa shape index (κ3) is 4.36. The van der Waals surface area contributed by atoms with Gasteiger partial charge in [0.25, 0.3) is 0 Å². The molecule has 0 aliphatic carbocycles. The first-order valence-electron chi connectivity index (χ1n) is 4.90. The Labute approximate surface area is 95.4 Å². The van der Waals surface area contributed by atoms with Gasteiger partial charge in [-0.1, -0.05) is 11.6 Å². The van der Waals surface area contributed by atoms with Crippen LogP contribution in [0.25, 0.3) is 0 Å². The van der Waals surface area contributed by atoms with Crippen molar-refractivity contribution >= 4 is 23.1 Å². The van der Waals surface area contributed by atoms with Gasteiger partial charge in [-0.3, -0.25) is 0 Å². The summed E-state index contributed by atoms with van der Waals surface area (Å²) in [5, 5.41) is 3.62. The minimum Gasteiger partial charge on any atom is -0.396 e. The number of hydrogen-bond donors (Lipinski definition) is 2. The maximum Gasteiger partial charge on any atom is 0.150 e. The van der Waals surface area contributed by atoms with Gasteiger partial charge in [-0.05, 0) is 39.2 Å². The number of anilines is 2. The first-order valence-corrected chi connectivity index (χ1v) is 5.28. The largest absolute Gasteiger partial charge is 0.396 e. The molecule has 84 valence electrons. The maximum absolute atomic E-state index is 5.77. The highest BCUT2D eigenvalue weighted by Crippen LogP contribution is 2.17. The highest BCUT2D eigenvalue weighted by Gasteiger charge is 2.00. The SMILES string of the molecule is CN(C)CCCNc1nc(Cl)ccc1N. The molecule has 0 aliphatic rings. The summed E-state index contributed by atoms with van der Waals surface area (Å²) in [5.74, 6) is 0.668. The molecule has 0 atom stereocenters. The fourth-order valence-electron chi connectivity index (χ4n) is 1.19. The highest BCUT2D eigenvalue weighted by molar-refractivity contribution is 6.29. The molecule has 0 fully saturated rings. The smallest absolute Gasteiger partial charge is 0.150 e. The molecule has 1 rings (SSSR count). The summed E-state index contributed by atoms with van der Waals surface area (Å²) in [4.78, 5) is 6.24. The van der Waals surface area contributed by atoms with Gasteiger partial charge in [0.05, 0.1) is 5.69 Å². The van der Waals surface area contributed by atoms with Gasteiger partial charge in [0.15, 0.2) is 5.82 Å². The van der Waals surface area contributed by atoms with Crippen molar-refractivity contribution < 1.29 is 0 Å². The molecular weight excluding hydrogens is 212 g/mol. The molecule has 3 N–H and O–H groups in total. The third-order valence-corrected chi connectivity index (χ3v) is 2.18. The van der Waals surface area contributed by atoms with Gasteiger partial charge in [-0.2, -0.15) is 0 Å². The summed E-state index contributed by atoms with van der Waals surface area (Å²) in [7, 11) is 4.10. The summed E-state index contributed by atoms with van der Waals surface area (Å²) < 4.78 is 0. The second-order valence-electron chi connectivity index (χ2n) is 3.66. The van der Waals surface area contributed by atoms with Crippen molar-refractivity contribution in [1.29, 1.82) is 0 Å². The van der Waals surface area contributed by atoms with E-state index in [1.54, 1.807) is 12.1 Å². The van der Waals surface area contributed by atoms with E-state index < -0.39 is 0 Å². The molecule has 0 saturated heterocycles. The van der Waals surface area contributed by atoms with Crippen LogP contribution in [0.2, 0.25) is 5.15 Å². The summed E-state index contributed by atoms with van der Waals surface area (Å²) in [6.45, 7) is 1.88. The zero-order chi connectivity index (χ0) is 11.3. The van der Waals surface area contributed by atoms with Crippen LogP contribution >= 0.6 is 11.6 Å². The molecule has 0 saturated carbocycles. The number of rotatable bonds is 5. The maximum atomic E-state index is 5.77. The monoisotopic (exact) mass is 228 g/mol. The Hall–Kier alpha value is -1.00. The number of hydrogen-bond acceptors (Lipinski definition) is 4. The summed E-state index contributed by atoms with van der Waals surface area (Å²) in [6, 6.07) is 3.44. The molecule has 4 nitrogen and oxygen atoms in total. The van der Waals surface area contributed by atoms with E-state index in [4.69, 9.17) is 17.3 Å². The van der Waals surface area contributed by atoms with E-state index in [9.17, 15) is 0 Å². The summed E-state index contributed by atoms with van der Waals surface area (Å²) in [5.41, 5.74) is 6.37. The molecule has 1 aromatic heterocycles. The predicted molar refractivity (Wildman–Crippen MR) is 65.3 cm³/mol. The van der Waals surface area contributed by atoms with Crippen LogP contribution in [0.1, 0.15) is 6.42 Å². The lowest BCUT2D eigenvalue weighted by atomic mass is 10.3. The van der Waals surface area contributed by atoms with Gasteiger partial charge in [0.1, 0.15) is 5.15 Å². The molecule has 5 heteroatoms. The number of aromatic nitrogens is 1. The fourth-order valence-corrected chi connectivity index (χ4v) is 1.34. The van der Waals surface area contributed by atoms with Crippen LogP contribution in [0, 0.1) is 0 Å². The van der Waals surface area contributed by atoms with Gasteiger partial charge in [0, 0.05) is 6.54 Å². The first-order chi connectivity index (χ1) is 7.09. The van der Waals surface area contributed by atoms with Crippen LogP contribution < -0.4 is 11.1 Å². The molecule has 0 aromatic carbocycles. The average Bonchev–Trinajstić information content (AvgIpc) is 2.17. The molecule has 0 amide bonds. The van der Waals surface area contributed by atoms with Crippen molar-refractivity contribution in [3.8, 4) is 0 Å². The van der Waals surface area contributed by atoms with E-state index in [0.717, 1.165) is 19.5 Å². The summed E-state index contributed by atoms with van der Waals surface area (Å²) in [6.07, 6.45) is 1.04. The second-order valence-corrected chi connectivity index (χ2v) is 4.04. The lowest BCUT2D eigenvalue weighted by Crippen LogP contribution is -2.17. The normalized spacial score (nSPS) is 10.7. The number of nitrogens with two attached hydrogens (primary N) is 1. The molecule has 0 spiro atoms. The van der Waals surface area contributed by atoms with Crippen molar-refractivity contribution in [2.75, 3.05) is 38.2 Å². The minimum absolute atomic E-state index is 0.458. The molecular formula is C10H17ClN4. The van der Waals surface area contributed by atoms with Crippen molar-refractivity contribution in [1.82, 2.24) is 9.88 Å². The number of nitrogens with zero attached hydrogens (tertiary/aromatic N) is 2. The molecule has 0 bridgehead atoms. The Morgan fingerprint density at radius 3 is 2.87 bits per heavy atom. The van der Waals surface area contributed by atoms with Crippen LogP contribution in [0.5, 0.6) is 0 Å². The van der Waals surface area contributed by atoms with Gasteiger partial charge in [-0.15, -0.1) is 0 Å². The average molecular weight is 229 g/mol. The lowest BCUT2D eigenvalue weighted by Gasteiger charge is -2.11. The zero-order valence-corrected chi connectivity index (χ0v) is 9.88. The number of nitrogen functional groups attached to an aromatic ring is 1. The van der Waals surface area contributed by atoms with Crippen LogP contribution in [0.4, 0.5) is 11.5 Å². The van der Waals surface area contributed by atoms with Crippen LogP contribution in [-0.4, -0.2) is 37.1 Å². The number of halogens is 1. The van der Waals surface area contributed by atoms with Crippen molar-refractivity contribution in [2.45, 2.75) is 6.42 Å². The van der Waals surface area contributed by atoms with E-state index in [1.807, 2.05) is 14.1 Å². The van der Waals surface area contributed by atoms with Crippen molar-refractivity contribution in [2.24, 2.45) is 0 Å². The quantitative estimate of drug-likeness (QED) is 0.595. The highest BCUT2D eigenvalue weighted by atomic mass is 35.5. The van der Waals surface area contributed by atoms with Crippen LogP contribution in [0.15, 0.2) is 12.1 Å². The van der Waals surface area contributed by atoms with E-state index in [-0.39, 0.29) is 0 Å². The number of nitrogens with one attached hydrogen (secondary N) is 1. The molecule has 0 radical (unpaired) electrons. The van der Waals surface area contributed by atoms with Gasteiger partial charge >= 0.3 is 0 Å². The Morgan fingerprint density at radius 2 is 2.20 bits per heavy atom. The lowest BCUT2D eigenvalue weighted by molar-refractivity contribution is 0.405. The molecule has 1 aromatic rings. The predicted octanol–water partition coefficient (Wildman–Crippen LogP) is 1.68.